The highest BCUT2D eigenvalue weighted by molar-refractivity contribution is 6.33. The van der Waals surface area contributed by atoms with Gasteiger partial charge < -0.3 is 14.4 Å². The molecule has 4 rings (SSSR count). The van der Waals surface area contributed by atoms with Crippen LogP contribution in [0.25, 0.3) is 0 Å². The Morgan fingerprint density at radius 3 is 2.46 bits per heavy atom. The molecule has 0 unspecified atom stereocenters. The van der Waals surface area contributed by atoms with Gasteiger partial charge in [0.1, 0.15) is 11.6 Å². The number of aromatic nitrogens is 3. The van der Waals surface area contributed by atoms with Crippen LogP contribution in [-0.4, -0.2) is 29.0 Å². The van der Waals surface area contributed by atoms with E-state index in [1.165, 1.54) is 18.4 Å². The second-order valence-electron chi connectivity index (χ2n) is 9.19. The zero-order valence-electron chi connectivity index (χ0n) is 21.3. The zero-order chi connectivity index (χ0) is 24.2. The van der Waals surface area contributed by atoms with Gasteiger partial charge in [-0.15, -0.1) is 17.5 Å². The topological polar surface area (TPSA) is 52.4 Å². The number of anilines is 2. The largest absolute Gasteiger partial charge is 0.496 e. The van der Waals surface area contributed by atoms with Gasteiger partial charge in [-0.05, 0) is 55.4 Å². The molecule has 0 spiro atoms. The summed E-state index contributed by atoms with van der Waals surface area (Å²) in [5.74, 6) is 3.06. The Kier molecular flexibility index (Phi) is 9.45. The Balaban J connectivity index is 0.00000342. The minimum absolute atomic E-state index is 0. The SMILES string of the molecule is CCCn1nc(N(c2cc(C)c(OC)cc2Cl)[C@@H](CC2CC2)c2ccc(COC)cc2)nc1C.Cl. The molecule has 6 nitrogen and oxygen atoms in total. The van der Waals surface area contributed by atoms with E-state index in [2.05, 4.69) is 42.2 Å². The molecule has 8 heteroatoms. The first kappa shape index (κ1) is 27.3. The van der Waals surface area contributed by atoms with Crippen LogP contribution in [0.15, 0.2) is 36.4 Å². The van der Waals surface area contributed by atoms with Crippen molar-refractivity contribution in [3.05, 3.63) is 63.9 Å². The van der Waals surface area contributed by atoms with Crippen molar-refractivity contribution in [3.63, 3.8) is 0 Å². The van der Waals surface area contributed by atoms with Gasteiger partial charge in [0.15, 0.2) is 0 Å². The number of nitrogens with zero attached hydrogens (tertiary/aromatic N) is 4. The molecule has 0 N–H and O–H groups in total. The summed E-state index contributed by atoms with van der Waals surface area (Å²) in [6.45, 7) is 7.64. The summed E-state index contributed by atoms with van der Waals surface area (Å²) in [6.07, 6.45) is 4.54. The molecular formula is C27H36Cl2N4O2. The maximum absolute atomic E-state index is 6.88. The van der Waals surface area contributed by atoms with Gasteiger partial charge in [0.2, 0.25) is 5.95 Å². The van der Waals surface area contributed by atoms with Crippen molar-refractivity contribution >= 4 is 35.6 Å². The maximum atomic E-state index is 6.88. The Bertz CT molecular complexity index is 1110. The molecule has 1 aliphatic rings. The first-order valence-electron chi connectivity index (χ1n) is 12.1. The molecular weight excluding hydrogens is 483 g/mol. The summed E-state index contributed by atoms with van der Waals surface area (Å²) in [5, 5.41) is 5.56. The molecule has 1 aromatic heterocycles. The minimum atomic E-state index is 0. The van der Waals surface area contributed by atoms with E-state index < -0.39 is 0 Å². The number of hydrogen-bond acceptors (Lipinski definition) is 5. The zero-order valence-corrected chi connectivity index (χ0v) is 22.8. The monoisotopic (exact) mass is 518 g/mol. The van der Waals surface area contributed by atoms with Crippen molar-refractivity contribution in [2.45, 2.75) is 65.6 Å². The van der Waals surface area contributed by atoms with E-state index in [1.54, 1.807) is 14.2 Å². The summed E-state index contributed by atoms with van der Waals surface area (Å²) in [6, 6.07) is 12.7. The number of hydrogen-bond donors (Lipinski definition) is 0. The lowest BCUT2D eigenvalue weighted by Crippen LogP contribution is -2.26. The number of aryl methyl sites for hydroxylation is 3. The lowest BCUT2D eigenvalue weighted by atomic mass is 9.97. The van der Waals surface area contributed by atoms with Gasteiger partial charge in [-0.2, -0.15) is 4.98 Å². The maximum Gasteiger partial charge on any atom is 0.250 e. The molecule has 0 aliphatic heterocycles. The summed E-state index contributed by atoms with van der Waals surface area (Å²) < 4.78 is 12.8. The third kappa shape index (κ3) is 6.29. The minimum Gasteiger partial charge on any atom is -0.496 e. The molecule has 1 aliphatic carbocycles. The van der Waals surface area contributed by atoms with Crippen LogP contribution in [0.1, 0.15) is 61.2 Å². The Morgan fingerprint density at radius 2 is 1.86 bits per heavy atom. The van der Waals surface area contributed by atoms with Crippen molar-refractivity contribution in [1.29, 1.82) is 0 Å². The molecule has 2 aromatic carbocycles. The van der Waals surface area contributed by atoms with Gasteiger partial charge in [-0.25, -0.2) is 4.68 Å². The number of ether oxygens (including phenoxy) is 2. The number of benzene rings is 2. The van der Waals surface area contributed by atoms with E-state index in [9.17, 15) is 0 Å². The highest BCUT2D eigenvalue weighted by Gasteiger charge is 2.34. The second-order valence-corrected chi connectivity index (χ2v) is 9.60. The first-order chi connectivity index (χ1) is 16.4. The smallest absolute Gasteiger partial charge is 0.250 e. The van der Waals surface area contributed by atoms with E-state index in [4.69, 9.17) is 31.2 Å². The van der Waals surface area contributed by atoms with Crippen LogP contribution in [-0.2, 0) is 17.9 Å². The average molecular weight is 520 g/mol. The normalized spacial score (nSPS) is 13.9. The van der Waals surface area contributed by atoms with Crippen molar-refractivity contribution in [2.24, 2.45) is 5.92 Å². The molecule has 0 bridgehead atoms. The van der Waals surface area contributed by atoms with E-state index in [0.29, 0.717) is 23.5 Å². The standard InChI is InChI=1S/C27H35ClN4O2.ClH/c1-6-13-31-19(3)29-27(30-31)32(25-14-18(2)26(34-5)16-23(25)28)24(15-20-7-8-20)22-11-9-21(10-12-22)17-33-4;/h9-12,14,16,20,24H,6-8,13,15,17H2,1-5H3;1H/t24-;/m0./s1. The van der Waals surface area contributed by atoms with Crippen LogP contribution in [0.2, 0.25) is 5.02 Å². The molecule has 3 aromatic rings. The van der Waals surface area contributed by atoms with Crippen molar-refractivity contribution < 1.29 is 9.47 Å². The van der Waals surface area contributed by atoms with Crippen LogP contribution >= 0.6 is 24.0 Å². The molecule has 1 saturated carbocycles. The van der Waals surface area contributed by atoms with Crippen molar-refractivity contribution in [3.8, 4) is 5.75 Å². The van der Waals surface area contributed by atoms with Crippen molar-refractivity contribution in [1.82, 2.24) is 14.8 Å². The van der Waals surface area contributed by atoms with Gasteiger partial charge in [0.05, 0.1) is 30.5 Å². The van der Waals surface area contributed by atoms with Crippen molar-refractivity contribution in [2.75, 3.05) is 19.1 Å². The number of methoxy groups -OCH3 is 2. The van der Waals surface area contributed by atoms with E-state index >= 15 is 0 Å². The summed E-state index contributed by atoms with van der Waals surface area (Å²) >= 11 is 6.88. The first-order valence-corrected chi connectivity index (χ1v) is 12.5. The molecule has 1 atom stereocenters. The number of rotatable bonds is 11. The summed E-state index contributed by atoms with van der Waals surface area (Å²) in [5.41, 5.74) is 4.31. The van der Waals surface area contributed by atoms with Crippen LogP contribution in [0.3, 0.4) is 0 Å². The van der Waals surface area contributed by atoms with Gasteiger partial charge in [0, 0.05) is 19.7 Å². The fraction of sp³-hybridized carbons (Fsp3) is 0.481. The third-order valence-corrected chi connectivity index (χ3v) is 6.76. The highest BCUT2D eigenvalue weighted by Crippen LogP contribution is 2.46. The Hall–Kier alpha value is -2.28. The summed E-state index contributed by atoms with van der Waals surface area (Å²) in [4.78, 5) is 7.14. The number of halogens is 2. The van der Waals surface area contributed by atoms with Gasteiger partial charge in [-0.3, -0.25) is 0 Å². The van der Waals surface area contributed by atoms with E-state index in [0.717, 1.165) is 47.8 Å². The molecule has 0 saturated heterocycles. The fourth-order valence-corrected chi connectivity index (χ4v) is 4.71. The Morgan fingerprint density at radius 1 is 1.14 bits per heavy atom. The van der Waals surface area contributed by atoms with Gasteiger partial charge >= 0.3 is 0 Å². The quantitative estimate of drug-likeness (QED) is 0.268. The Labute approximate surface area is 220 Å². The average Bonchev–Trinajstić information content (AvgIpc) is 3.58. The van der Waals surface area contributed by atoms with Crippen LogP contribution in [0.5, 0.6) is 5.75 Å². The predicted molar refractivity (Wildman–Crippen MR) is 144 cm³/mol. The molecule has 1 fully saturated rings. The second kappa shape index (κ2) is 12.1. The third-order valence-electron chi connectivity index (χ3n) is 6.46. The molecule has 35 heavy (non-hydrogen) atoms. The summed E-state index contributed by atoms with van der Waals surface area (Å²) in [7, 11) is 3.39. The molecule has 1 heterocycles. The fourth-order valence-electron chi connectivity index (χ4n) is 4.46. The molecule has 0 radical (unpaired) electrons. The predicted octanol–water partition coefficient (Wildman–Crippen LogP) is 7.21. The molecule has 190 valence electrons. The van der Waals surface area contributed by atoms with Gasteiger partial charge in [0.25, 0.3) is 0 Å². The lowest BCUT2D eigenvalue weighted by molar-refractivity contribution is 0.185. The van der Waals surface area contributed by atoms with Gasteiger partial charge in [-0.1, -0.05) is 55.6 Å². The van der Waals surface area contributed by atoms with E-state index in [1.807, 2.05) is 24.6 Å². The van der Waals surface area contributed by atoms with Crippen LogP contribution < -0.4 is 9.64 Å². The highest BCUT2D eigenvalue weighted by atomic mass is 35.5. The molecule has 0 amide bonds. The van der Waals surface area contributed by atoms with Crippen LogP contribution in [0, 0.1) is 19.8 Å². The van der Waals surface area contributed by atoms with E-state index in [-0.39, 0.29) is 18.4 Å². The van der Waals surface area contributed by atoms with Crippen LogP contribution in [0.4, 0.5) is 11.6 Å². The lowest BCUT2D eigenvalue weighted by Gasteiger charge is -2.33.